The number of carbonyl (C=O) groups is 1. The van der Waals surface area contributed by atoms with Crippen molar-refractivity contribution >= 4 is 27.5 Å². The largest absolute Gasteiger partial charge is 0.465 e. The van der Waals surface area contributed by atoms with Crippen molar-refractivity contribution in [1.29, 1.82) is 0 Å². The number of rotatable bonds is 2. The Morgan fingerprint density at radius 3 is 2.64 bits per heavy atom. The van der Waals surface area contributed by atoms with Crippen LogP contribution >= 0.6 is 15.9 Å². The monoisotopic (exact) mass is 254 g/mol. The highest BCUT2D eigenvalue weighted by molar-refractivity contribution is 9.10. The van der Waals surface area contributed by atoms with E-state index in [-0.39, 0.29) is 5.97 Å². The van der Waals surface area contributed by atoms with E-state index >= 15 is 0 Å². The summed E-state index contributed by atoms with van der Waals surface area (Å²) in [6, 6.07) is 5.39. The molecule has 2 nitrogen and oxygen atoms in total. The number of benzene rings is 1. The Balaban J connectivity index is 3.35. The van der Waals surface area contributed by atoms with Crippen LogP contribution in [0.2, 0.25) is 0 Å². The van der Waals surface area contributed by atoms with Crippen LogP contribution in [0.5, 0.6) is 0 Å². The molecule has 1 aromatic rings. The van der Waals surface area contributed by atoms with Crippen LogP contribution < -0.4 is 0 Å². The van der Waals surface area contributed by atoms with Gasteiger partial charge in [0, 0.05) is 10.0 Å². The molecule has 3 heteroatoms. The summed E-state index contributed by atoms with van der Waals surface area (Å²) >= 11 is 3.38. The maximum absolute atomic E-state index is 11.4. The number of halogens is 1. The number of ether oxygens (including phenoxy) is 1. The summed E-state index contributed by atoms with van der Waals surface area (Å²) in [6.07, 6.45) is 0. The molecular weight excluding hydrogens is 244 g/mol. The highest BCUT2D eigenvalue weighted by Gasteiger charge is 2.14. The molecule has 0 amide bonds. The molecule has 0 unspecified atom stereocenters. The Kier molecular flexibility index (Phi) is 3.47. The fraction of sp³-hybridized carbons (Fsp3) is 0.182. The maximum Gasteiger partial charge on any atom is 0.338 e. The van der Waals surface area contributed by atoms with Crippen molar-refractivity contribution in [3.8, 4) is 0 Å². The van der Waals surface area contributed by atoms with E-state index in [1.165, 1.54) is 7.11 Å². The van der Waals surface area contributed by atoms with Crippen molar-refractivity contribution in [1.82, 2.24) is 0 Å². The molecule has 0 bridgehead atoms. The van der Waals surface area contributed by atoms with Gasteiger partial charge in [-0.2, -0.15) is 0 Å². The summed E-state index contributed by atoms with van der Waals surface area (Å²) in [6.45, 7) is 5.68. The average molecular weight is 255 g/mol. The first-order valence-corrected chi connectivity index (χ1v) is 4.90. The first-order chi connectivity index (χ1) is 6.57. The van der Waals surface area contributed by atoms with E-state index in [0.717, 1.165) is 15.6 Å². The zero-order valence-electron chi connectivity index (χ0n) is 8.13. The molecule has 0 saturated carbocycles. The molecule has 0 radical (unpaired) electrons. The van der Waals surface area contributed by atoms with Crippen molar-refractivity contribution in [2.75, 3.05) is 7.11 Å². The summed E-state index contributed by atoms with van der Waals surface area (Å²) in [5.41, 5.74) is 2.17. The summed E-state index contributed by atoms with van der Waals surface area (Å²) in [5, 5.41) is 0. The molecule has 0 atom stereocenters. The Labute approximate surface area is 91.7 Å². The lowest BCUT2D eigenvalue weighted by Crippen LogP contribution is -2.05. The number of carbonyl (C=O) groups excluding carboxylic acids is 1. The van der Waals surface area contributed by atoms with Gasteiger partial charge in [0.2, 0.25) is 0 Å². The molecule has 0 aliphatic carbocycles. The molecule has 1 aromatic carbocycles. The quantitative estimate of drug-likeness (QED) is 0.758. The van der Waals surface area contributed by atoms with Gasteiger partial charge in [0.1, 0.15) is 0 Å². The van der Waals surface area contributed by atoms with Crippen LogP contribution in [0.3, 0.4) is 0 Å². The SMILES string of the molecule is C=C(C)c1c(Br)cccc1C(=O)OC. The van der Waals surface area contributed by atoms with Crippen LogP contribution in [0.4, 0.5) is 0 Å². The van der Waals surface area contributed by atoms with Crippen molar-refractivity contribution in [3.05, 3.63) is 40.4 Å². The molecule has 74 valence electrons. The van der Waals surface area contributed by atoms with E-state index in [0.29, 0.717) is 5.56 Å². The van der Waals surface area contributed by atoms with Crippen molar-refractivity contribution in [3.63, 3.8) is 0 Å². The fourth-order valence-corrected chi connectivity index (χ4v) is 1.94. The van der Waals surface area contributed by atoms with Gasteiger partial charge in [-0.1, -0.05) is 28.6 Å². The summed E-state index contributed by atoms with van der Waals surface area (Å²) < 4.78 is 5.54. The Bertz CT molecular complexity index is 383. The molecule has 0 aliphatic heterocycles. The minimum Gasteiger partial charge on any atom is -0.465 e. The van der Waals surface area contributed by atoms with E-state index < -0.39 is 0 Å². The Morgan fingerprint density at radius 2 is 2.14 bits per heavy atom. The lowest BCUT2D eigenvalue weighted by Gasteiger charge is -2.09. The maximum atomic E-state index is 11.4. The van der Waals surface area contributed by atoms with Crippen LogP contribution in [0.25, 0.3) is 5.57 Å². The molecule has 0 aliphatic rings. The van der Waals surface area contributed by atoms with E-state index in [9.17, 15) is 4.79 Å². The molecule has 0 N–H and O–H groups in total. The van der Waals surface area contributed by atoms with Gasteiger partial charge in [-0.15, -0.1) is 0 Å². The minimum absolute atomic E-state index is 0.343. The second-order valence-electron chi connectivity index (χ2n) is 2.93. The third kappa shape index (κ3) is 2.04. The second kappa shape index (κ2) is 4.42. The molecular formula is C11H11BrO2. The zero-order valence-corrected chi connectivity index (χ0v) is 9.72. The predicted molar refractivity (Wildman–Crippen MR) is 60.2 cm³/mol. The van der Waals surface area contributed by atoms with Crippen LogP contribution in [-0.4, -0.2) is 13.1 Å². The third-order valence-corrected chi connectivity index (χ3v) is 2.51. The number of esters is 1. The van der Waals surface area contributed by atoms with Crippen LogP contribution in [0.15, 0.2) is 29.3 Å². The first kappa shape index (κ1) is 11.0. The standard InChI is InChI=1S/C11H11BrO2/c1-7(2)10-8(11(13)14-3)5-4-6-9(10)12/h4-6H,1H2,2-3H3. The molecule has 14 heavy (non-hydrogen) atoms. The number of hydrogen-bond acceptors (Lipinski definition) is 2. The van der Waals surface area contributed by atoms with Crippen molar-refractivity contribution < 1.29 is 9.53 Å². The van der Waals surface area contributed by atoms with Gasteiger partial charge in [0.25, 0.3) is 0 Å². The van der Waals surface area contributed by atoms with Gasteiger partial charge in [0.05, 0.1) is 12.7 Å². The van der Waals surface area contributed by atoms with Gasteiger partial charge in [0.15, 0.2) is 0 Å². The van der Waals surface area contributed by atoms with Crippen LogP contribution in [0, 0.1) is 0 Å². The lowest BCUT2D eigenvalue weighted by molar-refractivity contribution is 0.0600. The smallest absolute Gasteiger partial charge is 0.338 e. The molecule has 0 heterocycles. The number of allylic oxidation sites excluding steroid dienone is 1. The molecule has 1 rings (SSSR count). The Morgan fingerprint density at radius 1 is 1.50 bits per heavy atom. The van der Waals surface area contributed by atoms with Crippen molar-refractivity contribution in [2.24, 2.45) is 0 Å². The highest BCUT2D eigenvalue weighted by atomic mass is 79.9. The topological polar surface area (TPSA) is 26.3 Å². The van der Waals surface area contributed by atoms with E-state index in [2.05, 4.69) is 27.2 Å². The third-order valence-electron chi connectivity index (χ3n) is 1.85. The average Bonchev–Trinajstić information content (AvgIpc) is 2.15. The minimum atomic E-state index is -0.343. The first-order valence-electron chi connectivity index (χ1n) is 4.10. The van der Waals surface area contributed by atoms with Crippen LogP contribution in [0.1, 0.15) is 22.8 Å². The molecule has 0 saturated heterocycles. The fourth-order valence-electron chi connectivity index (χ4n) is 1.24. The molecule has 0 fully saturated rings. The van der Waals surface area contributed by atoms with Gasteiger partial charge >= 0.3 is 5.97 Å². The summed E-state index contributed by atoms with van der Waals surface area (Å²) in [4.78, 5) is 11.4. The normalized spacial score (nSPS) is 9.64. The molecule has 0 aromatic heterocycles. The second-order valence-corrected chi connectivity index (χ2v) is 3.79. The van der Waals surface area contributed by atoms with Crippen LogP contribution in [-0.2, 0) is 4.74 Å². The summed E-state index contributed by atoms with van der Waals surface area (Å²) in [5.74, 6) is -0.343. The lowest BCUT2D eigenvalue weighted by atomic mass is 10.0. The van der Waals surface area contributed by atoms with Gasteiger partial charge in [-0.3, -0.25) is 0 Å². The molecule has 0 spiro atoms. The van der Waals surface area contributed by atoms with Crippen molar-refractivity contribution in [2.45, 2.75) is 6.92 Å². The number of methoxy groups -OCH3 is 1. The Hall–Kier alpha value is -1.09. The summed E-state index contributed by atoms with van der Waals surface area (Å²) in [7, 11) is 1.37. The van der Waals surface area contributed by atoms with Gasteiger partial charge < -0.3 is 4.74 Å². The van der Waals surface area contributed by atoms with E-state index in [4.69, 9.17) is 0 Å². The highest BCUT2D eigenvalue weighted by Crippen LogP contribution is 2.27. The van der Waals surface area contributed by atoms with Gasteiger partial charge in [-0.25, -0.2) is 4.79 Å². The van der Waals surface area contributed by atoms with E-state index in [1.807, 2.05) is 13.0 Å². The van der Waals surface area contributed by atoms with E-state index in [1.54, 1.807) is 12.1 Å². The van der Waals surface area contributed by atoms with Gasteiger partial charge in [-0.05, 0) is 24.6 Å². The predicted octanol–water partition coefficient (Wildman–Crippen LogP) is 3.27. The zero-order chi connectivity index (χ0) is 10.7. The number of hydrogen-bond donors (Lipinski definition) is 0.